The second-order valence-corrected chi connectivity index (χ2v) is 11.3. The van der Waals surface area contributed by atoms with Gasteiger partial charge in [0.2, 0.25) is 10.0 Å². The van der Waals surface area contributed by atoms with Gasteiger partial charge in [-0.25, -0.2) is 17.7 Å². The van der Waals surface area contributed by atoms with Crippen molar-refractivity contribution in [2.24, 2.45) is 0 Å². The number of sulfonamides is 1. The Morgan fingerprint density at radius 3 is 2.43 bits per heavy atom. The van der Waals surface area contributed by atoms with Crippen molar-refractivity contribution in [1.82, 2.24) is 9.29 Å². The van der Waals surface area contributed by atoms with Crippen LogP contribution in [0.5, 0.6) is 0 Å². The highest BCUT2D eigenvalue weighted by Gasteiger charge is 2.39. The largest absolute Gasteiger partial charge is 0.404 e. The van der Waals surface area contributed by atoms with Crippen molar-refractivity contribution in [3.8, 4) is 11.1 Å². The number of para-hydroxylation sites is 1. The van der Waals surface area contributed by atoms with Gasteiger partial charge in [0.1, 0.15) is 5.69 Å². The average Bonchev–Trinajstić information content (AvgIpc) is 3.29. The molecule has 1 aliphatic heterocycles. The van der Waals surface area contributed by atoms with E-state index >= 15 is 0 Å². The van der Waals surface area contributed by atoms with E-state index in [4.69, 9.17) is 0 Å². The first-order valence-corrected chi connectivity index (χ1v) is 13.5. The summed E-state index contributed by atoms with van der Waals surface area (Å²) in [6, 6.07) is 15.4. The number of hydrogen-bond donors (Lipinski definition) is 1. The molecule has 1 aromatic heterocycles. The molecule has 11 heteroatoms. The second-order valence-electron chi connectivity index (χ2n) is 8.48. The van der Waals surface area contributed by atoms with Crippen molar-refractivity contribution < 1.29 is 26.4 Å². The van der Waals surface area contributed by atoms with Crippen LogP contribution >= 0.6 is 11.3 Å². The molecule has 2 aromatic carbocycles. The minimum Gasteiger partial charge on any atom is -0.320 e. The minimum atomic E-state index is -4.77. The number of carbonyl (C=O) groups is 1. The van der Waals surface area contributed by atoms with E-state index in [9.17, 15) is 26.4 Å². The maximum absolute atomic E-state index is 12.9. The second kappa shape index (κ2) is 10.1. The number of aryl methyl sites for hydroxylation is 1. The lowest BCUT2D eigenvalue weighted by molar-refractivity contribution is -0.107. The predicted octanol–water partition coefficient (Wildman–Crippen LogP) is 5.44. The third-order valence-electron chi connectivity index (χ3n) is 5.84. The molecule has 0 aliphatic carbocycles. The van der Waals surface area contributed by atoms with Gasteiger partial charge >= 0.3 is 6.18 Å². The fourth-order valence-electron chi connectivity index (χ4n) is 4.02. The molecule has 4 rings (SSSR count). The number of halogens is 3. The van der Waals surface area contributed by atoms with Crippen LogP contribution in [0.4, 0.5) is 18.9 Å². The molecule has 0 bridgehead atoms. The normalized spacial score (nSPS) is 15.8. The Hall–Kier alpha value is -2.76. The summed E-state index contributed by atoms with van der Waals surface area (Å²) < 4.78 is 62.6. The molecule has 0 spiro atoms. The van der Waals surface area contributed by atoms with Crippen molar-refractivity contribution >= 4 is 33.0 Å². The summed E-state index contributed by atoms with van der Waals surface area (Å²) in [4.78, 5) is 17.4. The standard InChI is InChI=1S/C24H24F3N3O3S2/c1-16-6-8-17(9-7-16)19-4-2-3-5-20(19)28-22(31)21-14-34-23(29-21)18-10-12-30(13-11-18)35(32,33)15-24(25,26)27/h2-9,14,18H,10-13,15H2,1H3,(H,28,31). The third-order valence-corrected chi connectivity index (χ3v) is 8.69. The summed E-state index contributed by atoms with van der Waals surface area (Å²) in [6.45, 7) is 1.99. The summed E-state index contributed by atoms with van der Waals surface area (Å²) in [6.07, 6.45) is -4.07. The van der Waals surface area contributed by atoms with Crippen molar-refractivity contribution in [2.45, 2.75) is 31.9 Å². The SMILES string of the molecule is Cc1ccc(-c2ccccc2NC(=O)c2csc(C3CCN(S(=O)(=O)CC(F)(F)F)CC3)n2)cc1. The van der Waals surface area contributed by atoms with Gasteiger partial charge in [0, 0.05) is 35.6 Å². The van der Waals surface area contributed by atoms with E-state index in [2.05, 4.69) is 10.3 Å². The number of hydrogen-bond acceptors (Lipinski definition) is 5. The lowest BCUT2D eigenvalue weighted by Crippen LogP contribution is -2.42. The number of aromatic nitrogens is 1. The number of carbonyl (C=O) groups excluding carboxylic acids is 1. The maximum Gasteiger partial charge on any atom is 0.404 e. The van der Waals surface area contributed by atoms with Crippen LogP contribution in [0.3, 0.4) is 0 Å². The Bertz CT molecular complexity index is 1300. The Balaban J connectivity index is 1.41. The lowest BCUT2D eigenvalue weighted by atomic mass is 9.99. The van der Waals surface area contributed by atoms with Gasteiger partial charge < -0.3 is 5.32 Å². The molecule has 186 valence electrons. The van der Waals surface area contributed by atoms with Crippen LogP contribution in [0, 0.1) is 6.92 Å². The molecule has 1 saturated heterocycles. The number of thiazole rings is 1. The first-order chi connectivity index (χ1) is 16.5. The zero-order chi connectivity index (χ0) is 25.2. The summed E-state index contributed by atoms with van der Waals surface area (Å²) >= 11 is 1.30. The van der Waals surface area contributed by atoms with Gasteiger partial charge in [-0.15, -0.1) is 11.3 Å². The van der Waals surface area contributed by atoms with Crippen LogP contribution in [0.25, 0.3) is 11.1 Å². The summed E-state index contributed by atoms with van der Waals surface area (Å²) in [5.74, 6) is -2.33. The highest BCUT2D eigenvalue weighted by Crippen LogP contribution is 2.33. The minimum absolute atomic E-state index is 0.00584. The maximum atomic E-state index is 12.9. The molecule has 3 aromatic rings. The average molecular weight is 524 g/mol. The van der Waals surface area contributed by atoms with Crippen LogP contribution in [-0.2, 0) is 10.0 Å². The monoisotopic (exact) mass is 523 g/mol. The molecular formula is C24H24F3N3O3S2. The van der Waals surface area contributed by atoms with E-state index in [1.165, 1.54) is 11.3 Å². The van der Waals surface area contributed by atoms with Crippen LogP contribution < -0.4 is 5.32 Å². The van der Waals surface area contributed by atoms with Gasteiger partial charge in [0.25, 0.3) is 5.91 Å². The zero-order valence-corrected chi connectivity index (χ0v) is 20.5. The number of nitrogens with one attached hydrogen (secondary N) is 1. The van der Waals surface area contributed by atoms with Gasteiger partial charge in [-0.3, -0.25) is 4.79 Å². The number of nitrogens with zero attached hydrogens (tertiary/aromatic N) is 2. The van der Waals surface area contributed by atoms with Gasteiger partial charge in [-0.1, -0.05) is 48.0 Å². The van der Waals surface area contributed by atoms with Crippen molar-refractivity contribution in [1.29, 1.82) is 0 Å². The van der Waals surface area contributed by atoms with Crippen molar-refractivity contribution in [3.63, 3.8) is 0 Å². The number of anilines is 1. The molecule has 0 radical (unpaired) electrons. The van der Waals surface area contributed by atoms with Crippen LogP contribution in [0.2, 0.25) is 0 Å². The van der Waals surface area contributed by atoms with Gasteiger partial charge in [0.05, 0.1) is 5.01 Å². The molecule has 0 saturated carbocycles. The molecule has 35 heavy (non-hydrogen) atoms. The molecule has 0 atom stereocenters. The number of piperidine rings is 1. The van der Waals surface area contributed by atoms with Crippen LogP contribution in [-0.4, -0.2) is 48.6 Å². The highest BCUT2D eigenvalue weighted by molar-refractivity contribution is 7.89. The van der Waals surface area contributed by atoms with Gasteiger partial charge in [0.15, 0.2) is 5.75 Å². The van der Waals surface area contributed by atoms with Crippen molar-refractivity contribution in [3.05, 3.63) is 70.2 Å². The fraction of sp³-hybridized carbons (Fsp3) is 0.333. The zero-order valence-electron chi connectivity index (χ0n) is 18.9. The lowest BCUT2D eigenvalue weighted by Gasteiger charge is -2.30. The predicted molar refractivity (Wildman–Crippen MR) is 130 cm³/mol. The summed E-state index contributed by atoms with van der Waals surface area (Å²) in [5, 5.41) is 5.24. The molecular weight excluding hydrogens is 499 g/mol. The Morgan fingerprint density at radius 1 is 1.11 bits per heavy atom. The summed E-state index contributed by atoms with van der Waals surface area (Å²) in [5.41, 5.74) is 3.88. The van der Waals surface area contributed by atoms with E-state index in [1.807, 2.05) is 55.5 Å². The van der Waals surface area contributed by atoms with Crippen LogP contribution in [0.1, 0.15) is 39.8 Å². The van der Waals surface area contributed by atoms with E-state index in [0.29, 0.717) is 23.5 Å². The highest BCUT2D eigenvalue weighted by atomic mass is 32.2. The third kappa shape index (κ3) is 6.28. The van der Waals surface area contributed by atoms with E-state index in [1.54, 1.807) is 5.38 Å². The number of alkyl halides is 3. The first-order valence-electron chi connectivity index (χ1n) is 11.0. The van der Waals surface area contributed by atoms with Crippen molar-refractivity contribution in [2.75, 3.05) is 24.2 Å². The molecule has 6 nitrogen and oxygen atoms in total. The Morgan fingerprint density at radius 2 is 1.77 bits per heavy atom. The quantitative estimate of drug-likeness (QED) is 0.467. The molecule has 0 unspecified atom stereocenters. The molecule has 1 N–H and O–H groups in total. The molecule has 2 heterocycles. The molecule has 1 aliphatic rings. The van der Waals surface area contributed by atoms with E-state index < -0.39 is 22.0 Å². The van der Waals surface area contributed by atoms with Crippen LogP contribution in [0.15, 0.2) is 53.9 Å². The van der Waals surface area contributed by atoms with E-state index in [-0.39, 0.29) is 30.6 Å². The van der Waals surface area contributed by atoms with E-state index in [0.717, 1.165) is 21.0 Å². The van der Waals surface area contributed by atoms with Gasteiger partial charge in [-0.05, 0) is 31.4 Å². The molecule has 1 amide bonds. The Labute approximate surface area is 205 Å². The van der Waals surface area contributed by atoms with Gasteiger partial charge in [-0.2, -0.15) is 13.2 Å². The number of benzene rings is 2. The topological polar surface area (TPSA) is 79.4 Å². The smallest absolute Gasteiger partial charge is 0.320 e. The Kier molecular flexibility index (Phi) is 7.30. The number of amides is 1. The number of rotatable bonds is 6. The first kappa shape index (κ1) is 25.3. The fourth-order valence-corrected chi connectivity index (χ4v) is 6.36. The summed E-state index contributed by atoms with van der Waals surface area (Å²) in [7, 11) is -4.39. The molecule has 1 fully saturated rings.